The lowest BCUT2D eigenvalue weighted by molar-refractivity contribution is 0.0695. The van der Waals surface area contributed by atoms with Gasteiger partial charge in [-0.1, -0.05) is 29.3 Å². The van der Waals surface area contributed by atoms with E-state index < -0.39 is 16.1 Å². The Kier molecular flexibility index (Phi) is 4.20. The van der Waals surface area contributed by atoms with Crippen molar-refractivity contribution in [3.63, 3.8) is 0 Å². The Hall–Kier alpha value is -2.05. The molecule has 0 bridgehead atoms. The summed E-state index contributed by atoms with van der Waals surface area (Å²) in [6, 6.07) is 9.68. The molecule has 0 saturated carbocycles. The minimum atomic E-state index is -4.12. The monoisotopic (exact) mass is 326 g/mol. The molecule has 0 radical (unpaired) electrons. The Morgan fingerprint density at radius 2 is 1.76 bits per heavy atom. The van der Waals surface area contributed by atoms with Crippen LogP contribution in [0.15, 0.2) is 47.4 Å². The highest BCUT2D eigenvalue weighted by Gasteiger charge is 2.21. The zero-order valence-electron chi connectivity index (χ0n) is 10.9. The predicted molar refractivity (Wildman–Crippen MR) is 77.4 cm³/mol. The quantitative estimate of drug-likeness (QED) is 0.873. The maximum absolute atomic E-state index is 12.1. The van der Waals surface area contributed by atoms with Gasteiger partial charge in [0.05, 0.1) is 0 Å². The van der Waals surface area contributed by atoms with Crippen molar-refractivity contribution in [3.8, 4) is 5.75 Å². The standard InChI is InChI=1S/C14H11ClO5S/c1-9-2-5-11(6-3-9)21(18,19)20-13-8-10(15)4-7-12(13)14(16)17/h2-8H,1H3,(H,16,17). The first kappa shape index (κ1) is 15.3. The molecule has 21 heavy (non-hydrogen) atoms. The maximum atomic E-state index is 12.1. The van der Waals surface area contributed by atoms with Gasteiger partial charge in [0.15, 0.2) is 5.75 Å². The molecule has 0 spiro atoms. The Morgan fingerprint density at radius 3 is 2.33 bits per heavy atom. The van der Waals surface area contributed by atoms with Crippen molar-refractivity contribution in [3.05, 3.63) is 58.6 Å². The number of carboxylic acid groups (broad SMARTS) is 1. The third kappa shape index (κ3) is 3.53. The van der Waals surface area contributed by atoms with Crippen LogP contribution in [0.25, 0.3) is 0 Å². The smallest absolute Gasteiger partial charge is 0.339 e. The van der Waals surface area contributed by atoms with Gasteiger partial charge < -0.3 is 9.29 Å². The molecular weight excluding hydrogens is 316 g/mol. The number of carboxylic acids is 1. The lowest BCUT2D eigenvalue weighted by Gasteiger charge is -2.10. The van der Waals surface area contributed by atoms with Crippen LogP contribution in [0.1, 0.15) is 15.9 Å². The summed E-state index contributed by atoms with van der Waals surface area (Å²) in [6.45, 7) is 1.82. The third-order valence-corrected chi connectivity index (χ3v) is 4.17. The van der Waals surface area contributed by atoms with Gasteiger partial charge in [0, 0.05) is 11.1 Å². The van der Waals surface area contributed by atoms with Gasteiger partial charge in [-0.05, 0) is 31.2 Å². The van der Waals surface area contributed by atoms with E-state index in [0.29, 0.717) is 0 Å². The SMILES string of the molecule is Cc1ccc(S(=O)(=O)Oc2cc(Cl)ccc2C(=O)O)cc1. The van der Waals surface area contributed by atoms with Crippen LogP contribution in [-0.2, 0) is 10.1 Å². The number of benzene rings is 2. The number of carbonyl (C=O) groups is 1. The second-order valence-electron chi connectivity index (χ2n) is 4.30. The third-order valence-electron chi connectivity index (χ3n) is 2.68. The second-order valence-corrected chi connectivity index (χ2v) is 6.28. The average Bonchev–Trinajstić information content (AvgIpc) is 2.38. The van der Waals surface area contributed by atoms with E-state index in [-0.39, 0.29) is 21.2 Å². The first-order chi connectivity index (χ1) is 9.79. The Balaban J connectivity index is 2.43. The molecule has 0 unspecified atom stereocenters. The molecule has 0 aliphatic rings. The van der Waals surface area contributed by atoms with Crippen LogP contribution >= 0.6 is 11.6 Å². The first-order valence-electron chi connectivity index (χ1n) is 5.83. The molecule has 0 atom stereocenters. The summed E-state index contributed by atoms with van der Waals surface area (Å²) in [5.74, 6) is -1.63. The highest BCUT2D eigenvalue weighted by atomic mass is 35.5. The molecule has 0 amide bonds. The summed E-state index contributed by atoms with van der Waals surface area (Å²) in [7, 11) is -4.12. The number of aryl methyl sites for hydroxylation is 1. The molecular formula is C14H11ClO5S. The van der Waals surface area contributed by atoms with Crippen LogP contribution in [-0.4, -0.2) is 19.5 Å². The van der Waals surface area contributed by atoms with Gasteiger partial charge in [0.2, 0.25) is 0 Å². The number of hydrogen-bond donors (Lipinski definition) is 1. The van der Waals surface area contributed by atoms with E-state index in [1.165, 1.54) is 24.3 Å². The van der Waals surface area contributed by atoms with Crippen LogP contribution in [0.3, 0.4) is 0 Å². The molecule has 5 nitrogen and oxygen atoms in total. The van der Waals surface area contributed by atoms with Gasteiger partial charge in [0.1, 0.15) is 10.5 Å². The molecule has 0 aromatic heterocycles. The first-order valence-corrected chi connectivity index (χ1v) is 7.62. The van der Waals surface area contributed by atoms with Crippen LogP contribution in [0.4, 0.5) is 0 Å². The summed E-state index contributed by atoms with van der Waals surface area (Å²) in [6.07, 6.45) is 0. The molecule has 0 aliphatic heterocycles. The van der Waals surface area contributed by atoms with E-state index in [4.69, 9.17) is 20.9 Å². The van der Waals surface area contributed by atoms with Crippen molar-refractivity contribution in [2.75, 3.05) is 0 Å². The molecule has 7 heteroatoms. The summed E-state index contributed by atoms with van der Waals surface area (Å²) < 4.78 is 29.2. The van der Waals surface area contributed by atoms with E-state index in [1.807, 2.05) is 6.92 Å². The van der Waals surface area contributed by atoms with Crippen LogP contribution in [0.2, 0.25) is 5.02 Å². The number of hydrogen-bond acceptors (Lipinski definition) is 4. The summed E-state index contributed by atoms with van der Waals surface area (Å²) in [5.41, 5.74) is 0.609. The largest absolute Gasteiger partial charge is 0.478 e. The fourth-order valence-corrected chi connectivity index (χ4v) is 2.72. The van der Waals surface area contributed by atoms with Gasteiger partial charge in [0.25, 0.3) is 0 Å². The number of halogens is 1. The minimum absolute atomic E-state index is 0.0654. The van der Waals surface area contributed by atoms with Crippen molar-refractivity contribution >= 4 is 27.7 Å². The molecule has 0 fully saturated rings. The second kappa shape index (κ2) is 5.75. The van der Waals surface area contributed by atoms with E-state index in [0.717, 1.165) is 11.6 Å². The zero-order valence-corrected chi connectivity index (χ0v) is 12.5. The normalized spacial score (nSPS) is 11.1. The van der Waals surface area contributed by atoms with Crippen LogP contribution < -0.4 is 4.18 Å². The van der Waals surface area contributed by atoms with Gasteiger partial charge in [-0.2, -0.15) is 8.42 Å². The molecule has 2 rings (SSSR count). The highest BCUT2D eigenvalue weighted by Crippen LogP contribution is 2.27. The molecule has 0 aliphatic carbocycles. The van der Waals surface area contributed by atoms with Crippen molar-refractivity contribution < 1.29 is 22.5 Å². The average molecular weight is 327 g/mol. The van der Waals surface area contributed by atoms with E-state index >= 15 is 0 Å². The van der Waals surface area contributed by atoms with Crippen molar-refractivity contribution in [1.29, 1.82) is 0 Å². The molecule has 2 aromatic rings. The fourth-order valence-electron chi connectivity index (χ4n) is 1.61. The predicted octanol–water partition coefficient (Wildman–Crippen LogP) is 3.11. The van der Waals surface area contributed by atoms with Crippen molar-refractivity contribution in [2.24, 2.45) is 0 Å². The van der Waals surface area contributed by atoms with E-state index in [1.54, 1.807) is 12.1 Å². The lowest BCUT2D eigenvalue weighted by Crippen LogP contribution is -2.12. The van der Waals surface area contributed by atoms with E-state index in [9.17, 15) is 13.2 Å². The molecule has 2 aromatic carbocycles. The summed E-state index contributed by atoms with van der Waals surface area (Å²) >= 11 is 5.75. The fraction of sp³-hybridized carbons (Fsp3) is 0.0714. The topological polar surface area (TPSA) is 80.7 Å². The van der Waals surface area contributed by atoms with Crippen LogP contribution in [0, 0.1) is 6.92 Å². The molecule has 0 saturated heterocycles. The van der Waals surface area contributed by atoms with Crippen LogP contribution in [0.5, 0.6) is 5.75 Å². The van der Waals surface area contributed by atoms with Crippen molar-refractivity contribution in [1.82, 2.24) is 0 Å². The molecule has 110 valence electrons. The molecule has 1 N–H and O–H groups in total. The van der Waals surface area contributed by atoms with Gasteiger partial charge in [-0.3, -0.25) is 0 Å². The minimum Gasteiger partial charge on any atom is -0.478 e. The van der Waals surface area contributed by atoms with Gasteiger partial charge in [-0.15, -0.1) is 0 Å². The Labute approximate surface area is 126 Å². The molecule has 0 heterocycles. The highest BCUT2D eigenvalue weighted by molar-refractivity contribution is 7.87. The number of rotatable bonds is 4. The van der Waals surface area contributed by atoms with Gasteiger partial charge in [-0.25, -0.2) is 4.79 Å². The zero-order chi connectivity index (χ0) is 15.6. The van der Waals surface area contributed by atoms with Gasteiger partial charge >= 0.3 is 16.1 Å². The van der Waals surface area contributed by atoms with E-state index in [2.05, 4.69) is 0 Å². The lowest BCUT2D eigenvalue weighted by atomic mass is 10.2. The maximum Gasteiger partial charge on any atom is 0.339 e. The Bertz CT molecular complexity index is 782. The summed E-state index contributed by atoms with van der Waals surface area (Å²) in [5, 5.41) is 9.22. The summed E-state index contributed by atoms with van der Waals surface area (Å²) in [4.78, 5) is 11.0. The number of aromatic carboxylic acids is 1. The Morgan fingerprint density at radius 1 is 1.14 bits per heavy atom. The van der Waals surface area contributed by atoms with Crippen molar-refractivity contribution in [2.45, 2.75) is 11.8 Å².